The van der Waals surface area contributed by atoms with Crippen molar-refractivity contribution in [3.8, 4) is 0 Å². The van der Waals surface area contributed by atoms with E-state index in [0.29, 0.717) is 12.4 Å². The molecule has 0 aliphatic carbocycles. The highest BCUT2D eigenvalue weighted by molar-refractivity contribution is 5.95. The van der Waals surface area contributed by atoms with Crippen molar-refractivity contribution in [3.05, 3.63) is 41.9 Å². The SMILES string of the molecule is CCNc1nccc(C(=O)NCc2ncc[nH]2)c1F. The molecule has 0 saturated heterocycles. The molecule has 2 heterocycles. The highest BCUT2D eigenvalue weighted by atomic mass is 19.1. The number of hydrogen-bond acceptors (Lipinski definition) is 4. The average molecular weight is 263 g/mol. The summed E-state index contributed by atoms with van der Waals surface area (Å²) in [6, 6.07) is 1.34. The fourth-order valence-corrected chi connectivity index (χ4v) is 1.56. The monoisotopic (exact) mass is 263 g/mol. The fourth-order valence-electron chi connectivity index (χ4n) is 1.56. The van der Waals surface area contributed by atoms with Crippen LogP contribution in [0.2, 0.25) is 0 Å². The Morgan fingerprint density at radius 1 is 1.42 bits per heavy atom. The topological polar surface area (TPSA) is 82.7 Å². The summed E-state index contributed by atoms with van der Waals surface area (Å²) in [4.78, 5) is 22.5. The molecule has 100 valence electrons. The maximum atomic E-state index is 14.0. The van der Waals surface area contributed by atoms with Crippen molar-refractivity contribution >= 4 is 11.7 Å². The number of halogens is 1. The summed E-state index contributed by atoms with van der Waals surface area (Å²) in [5.41, 5.74) is -0.0440. The second kappa shape index (κ2) is 5.94. The lowest BCUT2D eigenvalue weighted by Gasteiger charge is -2.08. The first-order chi connectivity index (χ1) is 9.22. The minimum atomic E-state index is -0.652. The zero-order valence-corrected chi connectivity index (χ0v) is 10.4. The number of rotatable bonds is 5. The van der Waals surface area contributed by atoms with Crippen LogP contribution in [0.5, 0.6) is 0 Å². The van der Waals surface area contributed by atoms with E-state index in [2.05, 4.69) is 25.6 Å². The van der Waals surface area contributed by atoms with E-state index in [0.717, 1.165) is 0 Å². The summed E-state index contributed by atoms with van der Waals surface area (Å²) >= 11 is 0. The van der Waals surface area contributed by atoms with E-state index in [9.17, 15) is 9.18 Å². The summed E-state index contributed by atoms with van der Waals surface area (Å²) in [6.07, 6.45) is 4.62. The minimum absolute atomic E-state index is 0.0440. The van der Waals surface area contributed by atoms with E-state index in [1.165, 1.54) is 12.3 Å². The molecule has 1 amide bonds. The Bertz CT molecular complexity index is 555. The number of anilines is 1. The molecule has 7 heteroatoms. The molecule has 0 aliphatic rings. The number of carbonyl (C=O) groups is 1. The summed E-state index contributed by atoms with van der Waals surface area (Å²) in [6.45, 7) is 2.57. The second-order valence-corrected chi connectivity index (χ2v) is 3.77. The van der Waals surface area contributed by atoms with Gasteiger partial charge in [-0.05, 0) is 13.0 Å². The Morgan fingerprint density at radius 2 is 2.26 bits per heavy atom. The predicted octanol–water partition coefficient (Wildman–Crippen LogP) is 1.31. The molecule has 0 radical (unpaired) electrons. The van der Waals surface area contributed by atoms with Crippen molar-refractivity contribution in [2.75, 3.05) is 11.9 Å². The van der Waals surface area contributed by atoms with Gasteiger partial charge in [0.25, 0.3) is 5.91 Å². The van der Waals surface area contributed by atoms with Crippen molar-refractivity contribution in [3.63, 3.8) is 0 Å². The second-order valence-electron chi connectivity index (χ2n) is 3.77. The molecule has 2 rings (SSSR count). The third-order valence-corrected chi connectivity index (χ3v) is 2.45. The average Bonchev–Trinajstić information content (AvgIpc) is 2.92. The van der Waals surface area contributed by atoms with Crippen LogP contribution in [0.25, 0.3) is 0 Å². The third-order valence-electron chi connectivity index (χ3n) is 2.45. The van der Waals surface area contributed by atoms with Gasteiger partial charge in [0.15, 0.2) is 11.6 Å². The van der Waals surface area contributed by atoms with Gasteiger partial charge in [-0.25, -0.2) is 14.4 Å². The fraction of sp³-hybridized carbons (Fsp3) is 0.250. The van der Waals surface area contributed by atoms with Crippen LogP contribution < -0.4 is 10.6 Å². The number of imidazole rings is 1. The van der Waals surface area contributed by atoms with Crippen LogP contribution in [0.15, 0.2) is 24.7 Å². The van der Waals surface area contributed by atoms with Crippen molar-refractivity contribution in [2.45, 2.75) is 13.5 Å². The van der Waals surface area contributed by atoms with Gasteiger partial charge >= 0.3 is 0 Å². The van der Waals surface area contributed by atoms with Crippen LogP contribution in [0.3, 0.4) is 0 Å². The number of nitrogens with one attached hydrogen (secondary N) is 3. The number of aromatic nitrogens is 3. The summed E-state index contributed by atoms with van der Waals surface area (Å²) in [7, 11) is 0. The van der Waals surface area contributed by atoms with Crippen LogP contribution in [0.1, 0.15) is 23.1 Å². The Hall–Kier alpha value is -2.44. The standard InChI is InChI=1S/C12H14FN5O/c1-2-14-11-10(13)8(3-4-17-11)12(19)18-7-9-15-5-6-16-9/h3-6H,2,7H2,1H3,(H,14,17)(H,15,16)(H,18,19). The van der Waals surface area contributed by atoms with Crippen LogP contribution in [0.4, 0.5) is 10.2 Å². The molecule has 3 N–H and O–H groups in total. The Balaban J connectivity index is 2.08. The highest BCUT2D eigenvalue weighted by Gasteiger charge is 2.15. The van der Waals surface area contributed by atoms with Crippen LogP contribution >= 0.6 is 0 Å². The number of amides is 1. The van der Waals surface area contributed by atoms with E-state index in [1.807, 2.05) is 6.92 Å². The van der Waals surface area contributed by atoms with Crippen molar-refractivity contribution in [1.29, 1.82) is 0 Å². The molecule has 0 atom stereocenters. The number of pyridine rings is 1. The summed E-state index contributed by atoms with van der Waals surface area (Å²) in [5.74, 6) is -0.473. The molecule has 2 aromatic heterocycles. The van der Waals surface area contributed by atoms with E-state index in [-0.39, 0.29) is 17.9 Å². The van der Waals surface area contributed by atoms with Gasteiger partial charge in [-0.15, -0.1) is 0 Å². The van der Waals surface area contributed by atoms with Gasteiger partial charge in [0.2, 0.25) is 0 Å². The molecule has 0 aliphatic heterocycles. The molecule has 6 nitrogen and oxygen atoms in total. The molecule has 0 aromatic carbocycles. The lowest BCUT2D eigenvalue weighted by molar-refractivity contribution is 0.0946. The lowest BCUT2D eigenvalue weighted by Crippen LogP contribution is -2.25. The van der Waals surface area contributed by atoms with E-state index >= 15 is 0 Å². The first-order valence-electron chi connectivity index (χ1n) is 5.87. The molecule has 0 spiro atoms. The van der Waals surface area contributed by atoms with Gasteiger partial charge in [-0.3, -0.25) is 4.79 Å². The van der Waals surface area contributed by atoms with Gasteiger partial charge in [0.1, 0.15) is 5.82 Å². The van der Waals surface area contributed by atoms with Crippen molar-refractivity contribution in [2.24, 2.45) is 0 Å². The molecule has 0 fully saturated rings. The van der Waals surface area contributed by atoms with Crippen LogP contribution in [-0.4, -0.2) is 27.4 Å². The van der Waals surface area contributed by atoms with E-state index in [4.69, 9.17) is 0 Å². The van der Waals surface area contributed by atoms with E-state index < -0.39 is 11.7 Å². The first kappa shape index (κ1) is 13.0. The predicted molar refractivity (Wildman–Crippen MR) is 68.1 cm³/mol. The number of hydrogen-bond donors (Lipinski definition) is 3. The quantitative estimate of drug-likeness (QED) is 0.759. The molecule has 2 aromatic rings. The van der Waals surface area contributed by atoms with Crippen molar-refractivity contribution in [1.82, 2.24) is 20.3 Å². The number of H-pyrrole nitrogens is 1. The number of carbonyl (C=O) groups excluding carboxylic acids is 1. The van der Waals surface area contributed by atoms with E-state index in [1.54, 1.807) is 12.4 Å². The number of nitrogens with zero attached hydrogens (tertiary/aromatic N) is 2. The summed E-state index contributed by atoms with van der Waals surface area (Å²) < 4.78 is 14.0. The molecule has 0 saturated carbocycles. The van der Waals surface area contributed by atoms with Crippen LogP contribution in [0, 0.1) is 5.82 Å². The largest absolute Gasteiger partial charge is 0.368 e. The Labute approximate surface area is 109 Å². The normalized spacial score (nSPS) is 10.2. The van der Waals surface area contributed by atoms with Crippen LogP contribution in [-0.2, 0) is 6.54 Å². The lowest BCUT2D eigenvalue weighted by atomic mass is 10.2. The van der Waals surface area contributed by atoms with Crippen molar-refractivity contribution < 1.29 is 9.18 Å². The Morgan fingerprint density at radius 3 is 2.95 bits per heavy atom. The maximum Gasteiger partial charge on any atom is 0.254 e. The molecule has 19 heavy (non-hydrogen) atoms. The minimum Gasteiger partial charge on any atom is -0.368 e. The van der Waals surface area contributed by atoms with Gasteiger partial charge in [0, 0.05) is 25.1 Å². The molecule has 0 bridgehead atoms. The highest BCUT2D eigenvalue weighted by Crippen LogP contribution is 2.14. The first-order valence-corrected chi connectivity index (χ1v) is 5.87. The van der Waals surface area contributed by atoms with Gasteiger partial charge in [0.05, 0.1) is 12.1 Å². The molecular formula is C12H14FN5O. The van der Waals surface area contributed by atoms with Gasteiger partial charge < -0.3 is 15.6 Å². The van der Waals surface area contributed by atoms with Gasteiger partial charge in [-0.1, -0.05) is 0 Å². The number of aromatic amines is 1. The van der Waals surface area contributed by atoms with Gasteiger partial charge in [-0.2, -0.15) is 0 Å². The third kappa shape index (κ3) is 3.06. The smallest absolute Gasteiger partial charge is 0.254 e. The zero-order valence-electron chi connectivity index (χ0n) is 10.4. The Kier molecular flexibility index (Phi) is 4.07. The molecule has 0 unspecified atom stereocenters. The summed E-state index contributed by atoms with van der Waals surface area (Å²) in [5, 5.41) is 5.34. The maximum absolute atomic E-state index is 14.0. The molecular weight excluding hydrogens is 249 g/mol. The zero-order chi connectivity index (χ0) is 13.7.